The summed E-state index contributed by atoms with van der Waals surface area (Å²) in [7, 11) is 0. The lowest BCUT2D eigenvalue weighted by Gasteiger charge is -2.15. The average Bonchev–Trinajstić information content (AvgIpc) is 3.11. The highest BCUT2D eigenvalue weighted by molar-refractivity contribution is 5.96. The molecule has 1 heterocycles. The van der Waals surface area contributed by atoms with Gasteiger partial charge in [-0.15, -0.1) is 0 Å². The minimum atomic E-state index is -0.287. The van der Waals surface area contributed by atoms with Crippen molar-refractivity contribution < 1.29 is 9.53 Å². The van der Waals surface area contributed by atoms with Crippen molar-refractivity contribution in [1.82, 2.24) is 4.98 Å². The number of carbonyl (C=O) groups is 1. The van der Waals surface area contributed by atoms with Crippen LogP contribution in [0.4, 0.5) is 11.4 Å². The van der Waals surface area contributed by atoms with Crippen LogP contribution < -0.4 is 5.32 Å². The minimum Gasteiger partial charge on any atom is -0.462 e. The molecule has 0 bridgehead atoms. The number of hydrogen-bond donors (Lipinski definition) is 1. The van der Waals surface area contributed by atoms with Crippen LogP contribution in [-0.2, 0) is 17.6 Å². The summed E-state index contributed by atoms with van der Waals surface area (Å²) in [5.74, 6) is -0.287. The number of nitrogens with one attached hydrogen (secondary N) is 1. The van der Waals surface area contributed by atoms with Crippen LogP contribution in [0, 0.1) is 6.92 Å². The molecule has 0 radical (unpaired) electrons. The van der Waals surface area contributed by atoms with Crippen molar-refractivity contribution in [1.29, 1.82) is 0 Å². The van der Waals surface area contributed by atoms with Gasteiger partial charge in [0.05, 0.1) is 23.4 Å². The first-order chi connectivity index (χ1) is 12.7. The van der Waals surface area contributed by atoms with E-state index in [1.807, 2.05) is 19.1 Å². The first-order valence-electron chi connectivity index (χ1n) is 9.12. The first kappa shape index (κ1) is 16.6. The number of aromatic nitrogens is 1. The third-order valence-electron chi connectivity index (χ3n) is 4.83. The van der Waals surface area contributed by atoms with E-state index in [4.69, 9.17) is 9.72 Å². The Morgan fingerprint density at radius 1 is 1.15 bits per heavy atom. The first-order valence-corrected chi connectivity index (χ1v) is 9.12. The lowest BCUT2D eigenvalue weighted by atomic mass is 10.0. The molecule has 0 fully saturated rings. The fraction of sp³-hybridized carbons (Fsp3) is 0.273. The van der Waals surface area contributed by atoms with Gasteiger partial charge in [-0.05, 0) is 75.1 Å². The molecule has 4 heteroatoms. The quantitative estimate of drug-likeness (QED) is 0.679. The number of nitrogens with zero attached hydrogens (tertiary/aromatic N) is 1. The average molecular weight is 346 g/mol. The van der Waals surface area contributed by atoms with Gasteiger partial charge in [0.2, 0.25) is 0 Å². The summed E-state index contributed by atoms with van der Waals surface area (Å²) in [5.41, 5.74) is 7.44. The molecule has 1 N–H and O–H groups in total. The van der Waals surface area contributed by atoms with Gasteiger partial charge >= 0.3 is 5.97 Å². The van der Waals surface area contributed by atoms with Crippen molar-refractivity contribution in [3.05, 3.63) is 64.8 Å². The molecule has 0 atom stereocenters. The molecule has 0 amide bonds. The van der Waals surface area contributed by atoms with E-state index in [0.717, 1.165) is 41.5 Å². The summed E-state index contributed by atoms with van der Waals surface area (Å²) in [4.78, 5) is 16.7. The number of anilines is 2. The maximum Gasteiger partial charge on any atom is 0.338 e. The van der Waals surface area contributed by atoms with E-state index < -0.39 is 0 Å². The molecule has 2 aromatic carbocycles. The SMILES string of the molecule is CCOC(=O)c1ccc(Nc2c3c(nc4ccc(C)cc24)CCC3)cc1. The van der Waals surface area contributed by atoms with Gasteiger partial charge in [-0.1, -0.05) is 11.6 Å². The van der Waals surface area contributed by atoms with Gasteiger partial charge < -0.3 is 10.1 Å². The van der Waals surface area contributed by atoms with E-state index in [2.05, 4.69) is 30.4 Å². The van der Waals surface area contributed by atoms with E-state index in [9.17, 15) is 4.79 Å². The number of aryl methyl sites for hydroxylation is 2. The van der Waals surface area contributed by atoms with Gasteiger partial charge in [0.1, 0.15) is 0 Å². The summed E-state index contributed by atoms with van der Waals surface area (Å²) >= 11 is 0. The number of hydrogen-bond acceptors (Lipinski definition) is 4. The third kappa shape index (κ3) is 3.03. The number of rotatable bonds is 4. The standard InChI is InChI=1S/C22H22N2O2/c1-3-26-22(25)15-8-10-16(11-9-15)23-21-17-5-4-6-19(17)24-20-12-7-14(2)13-18(20)21/h7-13H,3-6H2,1-2H3,(H,23,24). The molecule has 1 aliphatic rings. The predicted octanol–water partition coefficient (Wildman–Crippen LogP) is 4.95. The Balaban J connectivity index is 1.73. The molecule has 0 unspecified atom stereocenters. The van der Waals surface area contributed by atoms with E-state index in [-0.39, 0.29) is 5.97 Å². The second kappa shape index (κ2) is 6.79. The number of fused-ring (bicyclic) bond motifs is 2. The molecular formula is C22H22N2O2. The monoisotopic (exact) mass is 346 g/mol. The fourth-order valence-electron chi connectivity index (χ4n) is 3.57. The lowest BCUT2D eigenvalue weighted by Crippen LogP contribution is -2.05. The molecule has 1 aromatic heterocycles. The molecule has 1 aliphatic carbocycles. The highest BCUT2D eigenvalue weighted by Crippen LogP contribution is 2.36. The second-order valence-corrected chi connectivity index (χ2v) is 6.71. The number of benzene rings is 2. The molecule has 0 spiro atoms. The van der Waals surface area contributed by atoms with Crippen molar-refractivity contribution in [3.8, 4) is 0 Å². The Kier molecular flexibility index (Phi) is 4.33. The second-order valence-electron chi connectivity index (χ2n) is 6.71. The van der Waals surface area contributed by atoms with Gasteiger partial charge in [-0.3, -0.25) is 4.98 Å². The van der Waals surface area contributed by atoms with Crippen LogP contribution in [0.15, 0.2) is 42.5 Å². The normalized spacial score (nSPS) is 12.8. The molecule has 26 heavy (non-hydrogen) atoms. The predicted molar refractivity (Wildman–Crippen MR) is 104 cm³/mol. The van der Waals surface area contributed by atoms with E-state index in [0.29, 0.717) is 12.2 Å². The number of pyridine rings is 1. The summed E-state index contributed by atoms with van der Waals surface area (Å²) in [6.45, 7) is 4.29. The van der Waals surface area contributed by atoms with Crippen molar-refractivity contribution >= 4 is 28.2 Å². The molecule has 4 rings (SSSR count). The zero-order valence-electron chi connectivity index (χ0n) is 15.1. The van der Waals surface area contributed by atoms with Crippen LogP contribution in [0.1, 0.15) is 40.5 Å². The third-order valence-corrected chi connectivity index (χ3v) is 4.83. The number of ether oxygens (including phenoxy) is 1. The summed E-state index contributed by atoms with van der Waals surface area (Å²) in [6, 6.07) is 13.8. The zero-order chi connectivity index (χ0) is 18.1. The Labute approximate surface area is 153 Å². The van der Waals surface area contributed by atoms with Crippen molar-refractivity contribution in [2.45, 2.75) is 33.1 Å². The maximum atomic E-state index is 11.8. The highest BCUT2D eigenvalue weighted by atomic mass is 16.5. The highest BCUT2D eigenvalue weighted by Gasteiger charge is 2.20. The Bertz CT molecular complexity index is 978. The van der Waals surface area contributed by atoms with Gasteiger partial charge in [0.15, 0.2) is 0 Å². The minimum absolute atomic E-state index is 0.287. The van der Waals surface area contributed by atoms with Crippen LogP contribution >= 0.6 is 0 Å². The van der Waals surface area contributed by atoms with Gasteiger partial charge in [-0.2, -0.15) is 0 Å². The van der Waals surface area contributed by atoms with Gasteiger partial charge in [0.25, 0.3) is 0 Å². The van der Waals surface area contributed by atoms with Crippen molar-refractivity contribution in [2.75, 3.05) is 11.9 Å². The molecule has 0 aliphatic heterocycles. The van der Waals surface area contributed by atoms with E-state index >= 15 is 0 Å². The maximum absolute atomic E-state index is 11.8. The fourth-order valence-corrected chi connectivity index (χ4v) is 3.57. The molecule has 0 saturated carbocycles. The molecule has 132 valence electrons. The van der Waals surface area contributed by atoms with Crippen LogP contribution in [0.25, 0.3) is 10.9 Å². The van der Waals surface area contributed by atoms with Gasteiger partial charge in [0, 0.05) is 16.8 Å². The van der Waals surface area contributed by atoms with E-state index in [1.54, 1.807) is 12.1 Å². The van der Waals surface area contributed by atoms with Crippen molar-refractivity contribution in [3.63, 3.8) is 0 Å². The summed E-state index contributed by atoms with van der Waals surface area (Å²) < 4.78 is 5.05. The Morgan fingerprint density at radius 3 is 2.73 bits per heavy atom. The number of carbonyl (C=O) groups excluding carboxylic acids is 1. The Morgan fingerprint density at radius 2 is 1.96 bits per heavy atom. The van der Waals surface area contributed by atoms with Crippen LogP contribution in [0.2, 0.25) is 0 Å². The topological polar surface area (TPSA) is 51.2 Å². The molecule has 0 saturated heterocycles. The van der Waals surface area contributed by atoms with Crippen LogP contribution in [0.3, 0.4) is 0 Å². The molecular weight excluding hydrogens is 324 g/mol. The smallest absolute Gasteiger partial charge is 0.338 e. The molecule has 4 nitrogen and oxygen atoms in total. The number of esters is 1. The largest absolute Gasteiger partial charge is 0.462 e. The lowest BCUT2D eigenvalue weighted by molar-refractivity contribution is 0.0526. The summed E-state index contributed by atoms with van der Waals surface area (Å²) in [6.07, 6.45) is 3.24. The molecule has 3 aromatic rings. The van der Waals surface area contributed by atoms with Gasteiger partial charge in [-0.25, -0.2) is 4.79 Å². The van der Waals surface area contributed by atoms with Crippen LogP contribution in [0.5, 0.6) is 0 Å². The van der Waals surface area contributed by atoms with E-state index in [1.165, 1.54) is 16.8 Å². The zero-order valence-corrected chi connectivity index (χ0v) is 15.1. The van der Waals surface area contributed by atoms with Crippen molar-refractivity contribution in [2.24, 2.45) is 0 Å². The summed E-state index contributed by atoms with van der Waals surface area (Å²) in [5, 5.41) is 4.73. The van der Waals surface area contributed by atoms with Crippen LogP contribution in [-0.4, -0.2) is 17.6 Å². The Hall–Kier alpha value is -2.88.